The minimum absolute atomic E-state index is 0.0370. The largest absolute Gasteiger partial charge is 0.492 e. The Hall–Kier alpha value is -2.70. The fourth-order valence-electron chi connectivity index (χ4n) is 3.30. The molecule has 0 unspecified atom stereocenters. The molecule has 3 aromatic rings. The first-order chi connectivity index (χ1) is 13.9. The second kappa shape index (κ2) is 7.61. The van der Waals surface area contributed by atoms with Crippen LogP contribution in [-0.4, -0.2) is 46.7 Å². The van der Waals surface area contributed by atoms with Gasteiger partial charge >= 0.3 is 5.82 Å². The molecule has 0 bridgehead atoms. The van der Waals surface area contributed by atoms with Crippen LogP contribution >= 0.6 is 11.3 Å². The van der Waals surface area contributed by atoms with E-state index >= 15 is 0 Å². The minimum atomic E-state index is -3.74. The Morgan fingerprint density at radius 1 is 1.34 bits per heavy atom. The van der Waals surface area contributed by atoms with Crippen LogP contribution in [0, 0.1) is 10.1 Å². The number of aromatic nitrogens is 2. The number of benzene rings is 1. The zero-order valence-electron chi connectivity index (χ0n) is 15.6. The molecular weight excluding hydrogens is 418 g/mol. The van der Waals surface area contributed by atoms with Crippen molar-refractivity contribution in [2.24, 2.45) is 0 Å². The van der Waals surface area contributed by atoms with Gasteiger partial charge in [0.2, 0.25) is 15.8 Å². The van der Waals surface area contributed by atoms with Crippen LogP contribution in [0.3, 0.4) is 0 Å². The Kier molecular flexibility index (Phi) is 5.15. The van der Waals surface area contributed by atoms with Crippen molar-refractivity contribution in [3.05, 3.63) is 39.9 Å². The number of imidazole rings is 1. The van der Waals surface area contributed by atoms with Crippen molar-refractivity contribution in [1.29, 1.82) is 0 Å². The number of nitrogens with zero attached hydrogens (tertiary/aromatic N) is 4. The number of fused-ring (bicyclic) bond motifs is 1. The fraction of sp³-hybridized carbons (Fsp3) is 0.353. The van der Waals surface area contributed by atoms with Crippen LogP contribution in [0.2, 0.25) is 0 Å². The van der Waals surface area contributed by atoms with Gasteiger partial charge in [0.25, 0.3) is 4.96 Å². The maximum absolute atomic E-state index is 13.1. The van der Waals surface area contributed by atoms with Gasteiger partial charge in [-0.05, 0) is 42.9 Å². The average molecular weight is 438 g/mol. The summed E-state index contributed by atoms with van der Waals surface area (Å²) in [6, 6.07) is 4.61. The summed E-state index contributed by atoms with van der Waals surface area (Å²) in [6.45, 7) is 3.03. The highest BCUT2D eigenvalue weighted by molar-refractivity contribution is 7.89. The van der Waals surface area contributed by atoms with Gasteiger partial charge in [-0.25, -0.2) is 8.42 Å². The molecule has 1 saturated heterocycles. The molecule has 0 aliphatic carbocycles. The second-order valence-electron chi connectivity index (χ2n) is 6.43. The molecule has 154 valence electrons. The quantitative estimate of drug-likeness (QED) is 0.445. The van der Waals surface area contributed by atoms with E-state index in [-0.39, 0.29) is 22.3 Å². The third-order valence-corrected chi connectivity index (χ3v) is 7.28. The van der Waals surface area contributed by atoms with Crippen LogP contribution in [0.25, 0.3) is 4.96 Å². The van der Waals surface area contributed by atoms with Crippen molar-refractivity contribution in [2.45, 2.75) is 24.7 Å². The first-order valence-corrected chi connectivity index (χ1v) is 11.4. The van der Waals surface area contributed by atoms with Crippen molar-refractivity contribution in [3.8, 4) is 5.75 Å². The Bertz CT molecular complexity index is 1160. The number of hydrogen-bond acceptors (Lipinski definition) is 8. The minimum Gasteiger partial charge on any atom is -0.492 e. The predicted molar refractivity (Wildman–Crippen MR) is 109 cm³/mol. The van der Waals surface area contributed by atoms with Crippen molar-refractivity contribution >= 4 is 43.6 Å². The predicted octanol–water partition coefficient (Wildman–Crippen LogP) is 3.23. The normalized spacial score (nSPS) is 15.1. The van der Waals surface area contributed by atoms with Crippen LogP contribution in [-0.2, 0) is 10.0 Å². The maximum Gasteiger partial charge on any atom is 0.373 e. The molecule has 3 heterocycles. The molecule has 0 saturated carbocycles. The Labute approximate surface area is 170 Å². The van der Waals surface area contributed by atoms with Gasteiger partial charge < -0.3 is 20.2 Å². The first-order valence-electron chi connectivity index (χ1n) is 9.05. The van der Waals surface area contributed by atoms with E-state index in [1.54, 1.807) is 30.6 Å². The Morgan fingerprint density at radius 3 is 2.79 bits per heavy atom. The molecule has 1 aliphatic heterocycles. The second-order valence-corrected chi connectivity index (χ2v) is 9.21. The molecule has 0 spiro atoms. The number of thiazole rings is 1. The summed E-state index contributed by atoms with van der Waals surface area (Å²) in [4.78, 5) is 15.7. The lowest BCUT2D eigenvalue weighted by atomic mass is 10.3. The highest BCUT2D eigenvalue weighted by Gasteiger charge is 2.31. The molecule has 4 rings (SSSR count). The van der Waals surface area contributed by atoms with Gasteiger partial charge in [0.15, 0.2) is 0 Å². The van der Waals surface area contributed by atoms with Crippen molar-refractivity contribution in [3.63, 3.8) is 0 Å². The Balaban J connectivity index is 1.75. The highest BCUT2D eigenvalue weighted by Crippen LogP contribution is 2.35. The zero-order chi connectivity index (χ0) is 20.6. The van der Waals surface area contributed by atoms with E-state index in [0.717, 1.165) is 12.8 Å². The SMILES string of the molecule is CCOc1ccc(Nc2nc3sccn3c2[N+](=O)[O-])cc1S(=O)(=O)N1CCCC1. The van der Waals surface area contributed by atoms with Gasteiger partial charge in [0.1, 0.15) is 16.8 Å². The maximum atomic E-state index is 13.1. The number of hydrogen-bond donors (Lipinski definition) is 1. The average Bonchev–Trinajstić information content (AvgIpc) is 3.40. The Morgan fingerprint density at radius 2 is 2.10 bits per heavy atom. The summed E-state index contributed by atoms with van der Waals surface area (Å²) >= 11 is 1.27. The summed E-state index contributed by atoms with van der Waals surface area (Å²) in [6.07, 6.45) is 3.20. The highest BCUT2D eigenvalue weighted by atomic mass is 32.2. The number of nitro groups is 1. The molecule has 0 amide bonds. The van der Waals surface area contributed by atoms with Crippen molar-refractivity contribution in [2.75, 3.05) is 25.0 Å². The topological polar surface area (TPSA) is 119 Å². The van der Waals surface area contributed by atoms with Gasteiger partial charge in [-0.1, -0.05) is 11.3 Å². The smallest absolute Gasteiger partial charge is 0.373 e. The van der Waals surface area contributed by atoms with E-state index in [9.17, 15) is 18.5 Å². The molecule has 1 aromatic carbocycles. The summed E-state index contributed by atoms with van der Waals surface area (Å²) in [5.74, 6) is 0.0971. The lowest BCUT2D eigenvalue weighted by molar-refractivity contribution is -0.389. The zero-order valence-corrected chi connectivity index (χ0v) is 17.2. The molecule has 1 aliphatic rings. The van der Waals surface area contributed by atoms with Crippen LogP contribution in [0.5, 0.6) is 5.75 Å². The van der Waals surface area contributed by atoms with E-state index in [1.165, 1.54) is 26.1 Å². The number of rotatable bonds is 7. The van der Waals surface area contributed by atoms with Gasteiger partial charge in [0, 0.05) is 24.2 Å². The van der Waals surface area contributed by atoms with Gasteiger partial charge in [-0.2, -0.15) is 13.7 Å². The van der Waals surface area contributed by atoms with Gasteiger partial charge in [0.05, 0.1) is 6.61 Å². The van der Waals surface area contributed by atoms with Crippen molar-refractivity contribution < 1.29 is 18.1 Å². The van der Waals surface area contributed by atoms with E-state index in [1.807, 2.05) is 0 Å². The first kappa shape index (κ1) is 19.6. The third-order valence-electron chi connectivity index (χ3n) is 4.60. The molecule has 12 heteroatoms. The summed E-state index contributed by atoms with van der Waals surface area (Å²) in [5.41, 5.74) is 0.375. The van der Waals surface area contributed by atoms with Crippen LogP contribution in [0.15, 0.2) is 34.7 Å². The number of sulfonamides is 1. The van der Waals surface area contributed by atoms with Crippen molar-refractivity contribution in [1.82, 2.24) is 13.7 Å². The van der Waals surface area contributed by atoms with Gasteiger partial charge in [-0.15, -0.1) is 0 Å². The summed E-state index contributed by atoms with van der Waals surface area (Å²) in [7, 11) is -3.74. The molecular formula is C17H19N5O5S2. The van der Waals surface area contributed by atoms with E-state index in [0.29, 0.717) is 30.3 Å². The van der Waals surface area contributed by atoms with Crippen LogP contribution in [0.1, 0.15) is 19.8 Å². The molecule has 10 nitrogen and oxygen atoms in total. The number of ether oxygens (including phenoxy) is 1. The molecule has 1 N–H and O–H groups in total. The van der Waals surface area contributed by atoms with E-state index in [4.69, 9.17) is 4.74 Å². The molecule has 0 atom stereocenters. The van der Waals surface area contributed by atoms with Crippen LogP contribution < -0.4 is 10.1 Å². The summed E-state index contributed by atoms with van der Waals surface area (Å²) in [5, 5.41) is 16.1. The third kappa shape index (κ3) is 3.54. The van der Waals surface area contributed by atoms with E-state index in [2.05, 4.69) is 10.3 Å². The van der Waals surface area contributed by atoms with Crippen LogP contribution in [0.4, 0.5) is 17.3 Å². The summed E-state index contributed by atoms with van der Waals surface area (Å²) < 4.78 is 34.5. The van der Waals surface area contributed by atoms with E-state index < -0.39 is 14.9 Å². The molecule has 0 radical (unpaired) electrons. The molecule has 29 heavy (non-hydrogen) atoms. The lowest BCUT2D eigenvalue weighted by Gasteiger charge is -2.19. The molecule has 2 aromatic heterocycles. The lowest BCUT2D eigenvalue weighted by Crippen LogP contribution is -2.28. The van der Waals surface area contributed by atoms with Gasteiger partial charge in [-0.3, -0.25) is 0 Å². The monoisotopic (exact) mass is 437 g/mol. The fourth-order valence-corrected chi connectivity index (χ4v) is 5.68. The molecule has 1 fully saturated rings. The number of nitrogens with one attached hydrogen (secondary N) is 1. The standard InChI is InChI=1S/C17H19N5O5S2/c1-2-27-13-6-5-12(11-14(13)29(25,26)20-7-3-4-8-20)18-15-16(22(23)24)21-9-10-28-17(21)19-15/h5-6,9-11,18H,2-4,7-8H2,1H3. The number of anilines is 2.